The lowest BCUT2D eigenvalue weighted by molar-refractivity contribution is -0.119. The van der Waals surface area contributed by atoms with Crippen molar-refractivity contribution in [3.8, 4) is 22.6 Å². The number of piperidine rings is 1. The van der Waals surface area contributed by atoms with Gasteiger partial charge in [0.05, 0.1) is 5.69 Å². The van der Waals surface area contributed by atoms with Crippen LogP contribution in [0.4, 0.5) is 5.82 Å². The van der Waals surface area contributed by atoms with Crippen LogP contribution in [0, 0.1) is 0 Å². The smallest absolute Gasteiger partial charge is 0.162 e. The minimum atomic E-state index is 0.312. The van der Waals surface area contributed by atoms with Crippen LogP contribution in [0.3, 0.4) is 0 Å². The number of hydrogen-bond donors (Lipinski definition) is 0. The zero-order valence-corrected chi connectivity index (χ0v) is 13.7. The summed E-state index contributed by atoms with van der Waals surface area (Å²) < 4.78 is 0. The summed E-state index contributed by atoms with van der Waals surface area (Å²) >= 11 is 0. The molecule has 1 aliphatic heterocycles. The highest BCUT2D eigenvalue weighted by Gasteiger charge is 2.19. The van der Waals surface area contributed by atoms with E-state index in [1.54, 1.807) is 24.8 Å². The van der Waals surface area contributed by atoms with E-state index < -0.39 is 0 Å². The molecule has 0 radical (unpaired) electrons. The molecule has 25 heavy (non-hydrogen) atoms. The minimum Gasteiger partial charge on any atom is -0.356 e. The molecule has 4 heterocycles. The Bertz CT molecular complexity index is 815. The molecule has 0 aliphatic carbocycles. The van der Waals surface area contributed by atoms with Gasteiger partial charge < -0.3 is 4.90 Å². The van der Waals surface area contributed by atoms with Gasteiger partial charge in [-0.2, -0.15) is 0 Å². The van der Waals surface area contributed by atoms with Crippen LogP contribution >= 0.6 is 0 Å². The van der Waals surface area contributed by atoms with Crippen LogP contribution in [-0.2, 0) is 4.79 Å². The summed E-state index contributed by atoms with van der Waals surface area (Å²) in [5.74, 6) is 1.80. The molecule has 3 aromatic heterocycles. The monoisotopic (exact) mass is 331 g/mol. The molecule has 0 atom stereocenters. The Kier molecular flexibility index (Phi) is 4.16. The largest absolute Gasteiger partial charge is 0.356 e. The van der Waals surface area contributed by atoms with Crippen molar-refractivity contribution in [3.63, 3.8) is 0 Å². The van der Waals surface area contributed by atoms with Crippen molar-refractivity contribution in [3.05, 3.63) is 55.1 Å². The number of hydrogen-bond acceptors (Lipinski definition) is 6. The summed E-state index contributed by atoms with van der Waals surface area (Å²) in [4.78, 5) is 31.4. The van der Waals surface area contributed by atoms with E-state index >= 15 is 0 Å². The second-order valence-corrected chi connectivity index (χ2v) is 5.94. The first kappa shape index (κ1) is 15.4. The molecule has 1 fully saturated rings. The van der Waals surface area contributed by atoms with Crippen LogP contribution in [0.25, 0.3) is 22.6 Å². The maximum Gasteiger partial charge on any atom is 0.162 e. The number of carbonyl (C=O) groups is 1. The number of anilines is 1. The van der Waals surface area contributed by atoms with E-state index in [4.69, 9.17) is 9.97 Å². The first-order valence-corrected chi connectivity index (χ1v) is 8.26. The number of ketones is 1. The Hall–Kier alpha value is -3.15. The van der Waals surface area contributed by atoms with Crippen LogP contribution < -0.4 is 4.90 Å². The molecule has 0 saturated carbocycles. The van der Waals surface area contributed by atoms with E-state index in [9.17, 15) is 4.79 Å². The average molecular weight is 331 g/mol. The van der Waals surface area contributed by atoms with Gasteiger partial charge in [0.2, 0.25) is 0 Å². The molecule has 0 amide bonds. The number of Topliss-reactive ketones (excluding diaryl/α,β-unsaturated/α-hetero) is 1. The van der Waals surface area contributed by atoms with Crippen LogP contribution in [-0.4, -0.2) is 38.8 Å². The predicted octanol–water partition coefficient (Wildman–Crippen LogP) is 2.77. The molecule has 0 aromatic carbocycles. The average Bonchev–Trinajstić information content (AvgIpc) is 2.69. The lowest BCUT2D eigenvalue weighted by Gasteiger charge is -2.27. The van der Waals surface area contributed by atoms with Gasteiger partial charge in [0, 0.05) is 67.9 Å². The summed E-state index contributed by atoms with van der Waals surface area (Å²) in [5, 5.41) is 0. The fraction of sp³-hybridized carbons (Fsp3) is 0.211. The third-order valence-electron chi connectivity index (χ3n) is 4.25. The van der Waals surface area contributed by atoms with Gasteiger partial charge in [-0.05, 0) is 24.3 Å². The fourth-order valence-electron chi connectivity index (χ4n) is 2.87. The van der Waals surface area contributed by atoms with Gasteiger partial charge in [-0.25, -0.2) is 9.97 Å². The minimum absolute atomic E-state index is 0.312. The zero-order valence-electron chi connectivity index (χ0n) is 13.7. The SMILES string of the molecule is O=C1CCN(c2cc(-c3cccnc3)nc(-c3ccncc3)n2)CC1. The summed E-state index contributed by atoms with van der Waals surface area (Å²) in [7, 11) is 0. The first-order valence-electron chi connectivity index (χ1n) is 8.26. The maximum atomic E-state index is 11.5. The van der Waals surface area contributed by atoms with Gasteiger partial charge in [-0.15, -0.1) is 0 Å². The lowest BCUT2D eigenvalue weighted by Crippen LogP contribution is -2.34. The van der Waals surface area contributed by atoms with E-state index in [0.29, 0.717) is 37.5 Å². The van der Waals surface area contributed by atoms with E-state index in [2.05, 4.69) is 14.9 Å². The number of rotatable bonds is 3. The summed E-state index contributed by atoms with van der Waals surface area (Å²) in [6.45, 7) is 1.39. The number of pyridine rings is 2. The maximum absolute atomic E-state index is 11.5. The van der Waals surface area contributed by atoms with Crippen molar-refractivity contribution in [2.75, 3.05) is 18.0 Å². The topological polar surface area (TPSA) is 71.9 Å². The molecule has 124 valence electrons. The van der Waals surface area contributed by atoms with Crippen molar-refractivity contribution < 1.29 is 4.79 Å². The van der Waals surface area contributed by atoms with E-state index in [1.165, 1.54) is 0 Å². The van der Waals surface area contributed by atoms with Gasteiger partial charge >= 0.3 is 0 Å². The second kappa shape index (κ2) is 6.76. The highest BCUT2D eigenvalue weighted by molar-refractivity contribution is 5.81. The van der Waals surface area contributed by atoms with Gasteiger partial charge in [-0.1, -0.05) is 0 Å². The van der Waals surface area contributed by atoms with Gasteiger partial charge in [0.1, 0.15) is 11.6 Å². The van der Waals surface area contributed by atoms with Crippen LogP contribution in [0.15, 0.2) is 55.1 Å². The van der Waals surface area contributed by atoms with Crippen LogP contribution in [0.1, 0.15) is 12.8 Å². The van der Waals surface area contributed by atoms with Crippen molar-refractivity contribution in [1.82, 2.24) is 19.9 Å². The Morgan fingerprint density at radius 2 is 1.68 bits per heavy atom. The molecule has 3 aromatic rings. The van der Waals surface area contributed by atoms with E-state index in [-0.39, 0.29) is 0 Å². The Morgan fingerprint density at radius 1 is 0.880 bits per heavy atom. The highest BCUT2D eigenvalue weighted by atomic mass is 16.1. The quantitative estimate of drug-likeness (QED) is 0.735. The van der Waals surface area contributed by atoms with Gasteiger partial charge in [0.15, 0.2) is 5.82 Å². The van der Waals surface area contributed by atoms with Gasteiger partial charge in [-0.3, -0.25) is 14.8 Å². The summed E-state index contributed by atoms with van der Waals surface area (Å²) in [6.07, 6.45) is 8.13. The van der Waals surface area contributed by atoms with Crippen LogP contribution in [0.2, 0.25) is 0 Å². The molecule has 0 unspecified atom stereocenters. The molecule has 6 nitrogen and oxygen atoms in total. The summed E-state index contributed by atoms with van der Waals surface area (Å²) in [5.41, 5.74) is 2.67. The predicted molar refractivity (Wildman–Crippen MR) is 94.9 cm³/mol. The summed E-state index contributed by atoms with van der Waals surface area (Å²) in [6, 6.07) is 9.63. The highest BCUT2D eigenvalue weighted by Crippen LogP contribution is 2.26. The molecule has 0 bridgehead atoms. The standard InChI is InChI=1S/C19H17N5O/c25-16-5-10-24(11-6-16)18-12-17(15-2-1-7-21-13-15)22-19(23-18)14-3-8-20-9-4-14/h1-4,7-9,12-13H,5-6,10-11H2. The first-order chi connectivity index (χ1) is 12.3. The Morgan fingerprint density at radius 3 is 2.40 bits per heavy atom. The van der Waals surface area contributed by atoms with E-state index in [1.807, 2.05) is 30.3 Å². The second-order valence-electron chi connectivity index (χ2n) is 5.94. The molecule has 0 N–H and O–H groups in total. The molecule has 0 spiro atoms. The molecule has 4 rings (SSSR count). The van der Waals surface area contributed by atoms with Crippen molar-refractivity contribution in [1.29, 1.82) is 0 Å². The lowest BCUT2D eigenvalue weighted by atomic mass is 10.1. The number of carbonyl (C=O) groups excluding carboxylic acids is 1. The zero-order chi connectivity index (χ0) is 17.1. The third kappa shape index (κ3) is 3.38. The molecule has 1 saturated heterocycles. The van der Waals surface area contributed by atoms with Gasteiger partial charge in [0.25, 0.3) is 0 Å². The third-order valence-corrected chi connectivity index (χ3v) is 4.25. The van der Waals surface area contributed by atoms with E-state index in [0.717, 1.165) is 22.6 Å². The normalized spacial score (nSPS) is 14.6. The van der Waals surface area contributed by atoms with Crippen molar-refractivity contribution >= 4 is 11.6 Å². The fourth-order valence-corrected chi connectivity index (χ4v) is 2.87. The molecule has 6 heteroatoms. The number of nitrogens with zero attached hydrogens (tertiary/aromatic N) is 5. The Balaban J connectivity index is 1.79. The molecule has 1 aliphatic rings. The Labute approximate surface area is 145 Å². The van der Waals surface area contributed by atoms with Crippen molar-refractivity contribution in [2.45, 2.75) is 12.8 Å². The number of aromatic nitrogens is 4. The molecular weight excluding hydrogens is 314 g/mol. The van der Waals surface area contributed by atoms with Crippen LogP contribution in [0.5, 0.6) is 0 Å². The van der Waals surface area contributed by atoms with Crippen molar-refractivity contribution in [2.24, 2.45) is 0 Å². The molecular formula is C19H17N5O.